The van der Waals surface area contributed by atoms with E-state index in [2.05, 4.69) is 15.4 Å². The van der Waals surface area contributed by atoms with Gasteiger partial charge in [0.25, 0.3) is 0 Å². The number of anilines is 2. The van der Waals surface area contributed by atoms with Crippen molar-refractivity contribution >= 4 is 46.2 Å². The zero-order chi connectivity index (χ0) is 24.4. The molecule has 5 rings (SSSR count). The number of halogens is 2. The molecule has 0 spiro atoms. The molecular formula is C26H17ClFN5O2. The highest BCUT2D eigenvalue weighted by Crippen LogP contribution is 2.30. The molecule has 0 saturated heterocycles. The molecule has 0 radical (unpaired) electrons. The minimum absolute atomic E-state index is 0.0175. The van der Waals surface area contributed by atoms with Gasteiger partial charge in [-0.1, -0.05) is 48.0 Å². The number of para-hydroxylation sites is 1. The van der Waals surface area contributed by atoms with Gasteiger partial charge in [0.1, 0.15) is 5.82 Å². The van der Waals surface area contributed by atoms with Crippen molar-refractivity contribution in [1.29, 1.82) is 0 Å². The Morgan fingerprint density at radius 2 is 1.91 bits per heavy atom. The normalized spacial score (nSPS) is 11.3. The van der Waals surface area contributed by atoms with E-state index in [0.29, 0.717) is 22.6 Å². The van der Waals surface area contributed by atoms with Crippen LogP contribution in [0, 0.1) is 5.82 Å². The maximum absolute atomic E-state index is 13.6. The van der Waals surface area contributed by atoms with Crippen LogP contribution in [0.2, 0.25) is 5.02 Å². The molecule has 5 aromatic rings. The third kappa shape index (κ3) is 4.73. The molecular weight excluding hydrogens is 469 g/mol. The van der Waals surface area contributed by atoms with Crippen molar-refractivity contribution in [1.82, 2.24) is 19.7 Å². The number of aromatic nitrogens is 4. The van der Waals surface area contributed by atoms with E-state index >= 15 is 0 Å². The fourth-order valence-corrected chi connectivity index (χ4v) is 3.80. The Morgan fingerprint density at radius 3 is 2.74 bits per heavy atom. The van der Waals surface area contributed by atoms with Crippen LogP contribution in [0.25, 0.3) is 33.9 Å². The van der Waals surface area contributed by atoms with E-state index in [1.165, 1.54) is 18.2 Å². The number of carboxylic acid groups (broad SMARTS) is 1. The number of nitrogens with zero attached hydrogens (tertiary/aromatic N) is 4. The summed E-state index contributed by atoms with van der Waals surface area (Å²) in [4.78, 5) is 20.1. The van der Waals surface area contributed by atoms with Gasteiger partial charge in [-0.2, -0.15) is 10.1 Å². The molecule has 9 heteroatoms. The first kappa shape index (κ1) is 22.2. The van der Waals surface area contributed by atoms with Crippen LogP contribution in [0.3, 0.4) is 0 Å². The van der Waals surface area contributed by atoms with Gasteiger partial charge in [-0.25, -0.2) is 18.9 Å². The summed E-state index contributed by atoms with van der Waals surface area (Å²) in [6.07, 6.45) is 6.01. The lowest BCUT2D eigenvalue weighted by atomic mass is 10.0. The molecule has 7 nitrogen and oxygen atoms in total. The SMILES string of the molecule is O=C(O)C=Cc1cccc(-c2cnc(Nc3ccc(F)c(Cl)c3)nc2-n2ncc3ccccc32)c1. The van der Waals surface area contributed by atoms with E-state index in [9.17, 15) is 9.18 Å². The Balaban J connectivity index is 1.63. The van der Waals surface area contributed by atoms with Crippen molar-refractivity contribution in [2.45, 2.75) is 0 Å². The monoisotopic (exact) mass is 485 g/mol. The molecule has 0 amide bonds. The molecule has 2 N–H and O–H groups in total. The highest BCUT2D eigenvalue weighted by Gasteiger charge is 2.15. The van der Waals surface area contributed by atoms with Gasteiger partial charge in [0.15, 0.2) is 5.82 Å². The number of carbonyl (C=O) groups is 1. The average Bonchev–Trinajstić information content (AvgIpc) is 3.29. The van der Waals surface area contributed by atoms with Crippen LogP contribution in [0.4, 0.5) is 16.0 Å². The molecule has 35 heavy (non-hydrogen) atoms. The standard InChI is InChI=1S/C26H17ClFN5O2/c27-21-13-19(9-10-22(21)28)31-26-29-15-20(17-6-3-4-16(12-17)8-11-24(34)35)25(32-26)33-23-7-2-1-5-18(23)14-30-33/h1-15H,(H,34,35)(H,29,31,32). The molecule has 0 fully saturated rings. The van der Waals surface area contributed by atoms with Crippen molar-refractivity contribution in [3.8, 4) is 16.9 Å². The van der Waals surface area contributed by atoms with Gasteiger partial charge in [-0.15, -0.1) is 0 Å². The van der Waals surface area contributed by atoms with Crippen LogP contribution in [0.5, 0.6) is 0 Å². The number of fused-ring (bicyclic) bond motifs is 1. The fourth-order valence-electron chi connectivity index (χ4n) is 3.62. The molecule has 0 aliphatic heterocycles. The summed E-state index contributed by atoms with van der Waals surface area (Å²) in [7, 11) is 0. The van der Waals surface area contributed by atoms with Gasteiger partial charge in [0.05, 0.1) is 16.7 Å². The predicted molar refractivity (Wildman–Crippen MR) is 133 cm³/mol. The van der Waals surface area contributed by atoms with Crippen molar-refractivity contribution < 1.29 is 14.3 Å². The van der Waals surface area contributed by atoms with E-state index < -0.39 is 11.8 Å². The summed E-state index contributed by atoms with van der Waals surface area (Å²) < 4.78 is 15.3. The predicted octanol–water partition coefficient (Wildman–Crippen LogP) is 6.12. The van der Waals surface area contributed by atoms with Crippen LogP contribution in [-0.2, 0) is 4.79 Å². The van der Waals surface area contributed by atoms with Crippen molar-refractivity contribution in [3.63, 3.8) is 0 Å². The van der Waals surface area contributed by atoms with Gasteiger partial charge in [-0.3, -0.25) is 0 Å². The van der Waals surface area contributed by atoms with Crippen LogP contribution < -0.4 is 5.32 Å². The molecule has 0 unspecified atom stereocenters. The number of rotatable bonds is 6. The lowest BCUT2D eigenvalue weighted by Crippen LogP contribution is -2.06. The highest BCUT2D eigenvalue weighted by atomic mass is 35.5. The van der Waals surface area contributed by atoms with Gasteiger partial charge in [-0.05, 0) is 47.5 Å². The first-order chi connectivity index (χ1) is 17.0. The Labute approximate surface area is 204 Å². The van der Waals surface area contributed by atoms with Gasteiger partial charge in [0, 0.05) is 28.9 Å². The third-order valence-electron chi connectivity index (χ3n) is 5.24. The largest absolute Gasteiger partial charge is 0.478 e. The maximum Gasteiger partial charge on any atom is 0.328 e. The summed E-state index contributed by atoms with van der Waals surface area (Å²) in [5.74, 6) is -0.767. The molecule has 3 aromatic carbocycles. The molecule has 0 aliphatic rings. The van der Waals surface area contributed by atoms with E-state index in [0.717, 1.165) is 22.5 Å². The van der Waals surface area contributed by atoms with E-state index in [4.69, 9.17) is 21.7 Å². The van der Waals surface area contributed by atoms with Crippen molar-refractivity contribution in [2.75, 3.05) is 5.32 Å². The van der Waals surface area contributed by atoms with Gasteiger partial charge in [0.2, 0.25) is 5.95 Å². The minimum Gasteiger partial charge on any atom is -0.478 e. The van der Waals surface area contributed by atoms with E-state index in [1.54, 1.807) is 29.2 Å². The van der Waals surface area contributed by atoms with E-state index in [1.807, 2.05) is 42.5 Å². The maximum atomic E-state index is 13.6. The Morgan fingerprint density at radius 1 is 1.06 bits per heavy atom. The quantitative estimate of drug-likeness (QED) is 0.282. The van der Waals surface area contributed by atoms with E-state index in [-0.39, 0.29) is 11.0 Å². The number of aliphatic carboxylic acids is 1. The first-order valence-corrected chi connectivity index (χ1v) is 10.9. The van der Waals surface area contributed by atoms with Gasteiger partial charge < -0.3 is 10.4 Å². The van der Waals surface area contributed by atoms with Crippen LogP contribution >= 0.6 is 11.6 Å². The second kappa shape index (κ2) is 9.36. The fraction of sp³-hybridized carbons (Fsp3) is 0. The second-order valence-corrected chi connectivity index (χ2v) is 8.00. The second-order valence-electron chi connectivity index (χ2n) is 7.60. The Hall–Kier alpha value is -4.56. The lowest BCUT2D eigenvalue weighted by Gasteiger charge is -2.13. The Kier molecular flexibility index (Phi) is 5.95. The first-order valence-electron chi connectivity index (χ1n) is 10.5. The topological polar surface area (TPSA) is 92.9 Å². The van der Waals surface area contributed by atoms with Crippen LogP contribution in [0.1, 0.15) is 5.56 Å². The van der Waals surface area contributed by atoms with Crippen molar-refractivity contribution in [3.05, 3.63) is 102 Å². The Bertz CT molecular complexity index is 1600. The molecule has 2 aromatic heterocycles. The van der Waals surface area contributed by atoms with Gasteiger partial charge >= 0.3 is 5.97 Å². The molecule has 0 bridgehead atoms. The molecule has 0 aliphatic carbocycles. The lowest BCUT2D eigenvalue weighted by molar-refractivity contribution is -0.131. The zero-order valence-corrected chi connectivity index (χ0v) is 18.8. The minimum atomic E-state index is -1.03. The molecule has 0 saturated carbocycles. The zero-order valence-electron chi connectivity index (χ0n) is 18.1. The number of hydrogen-bond donors (Lipinski definition) is 2. The average molecular weight is 486 g/mol. The summed E-state index contributed by atoms with van der Waals surface area (Å²) >= 11 is 5.91. The van der Waals surface area contributed by atoms with Crippen LogP contribution in [0.15, 0.2) is 85.2 Å². The number of hydrogen-bond acceptors (Lipinski definition) is 5. The summed E-state index contributed by atoms with van der Waals surface area (Å²) in [6, 6.07) is 19.4. The molecule has 172 valence electrons. The number of benzene rings is 3. The van der Waals surface area contributed by atoms with Crippen molar-refractivity contribution in [2.24, 2.45) is 0 Å². The number of nitrogens with one attached hydrogen (secondary N) is 1. The number of carboxylic acids is 1. The summed E-state index contributed by atoms with van der Waals surface area (Å²) in [6.45, 7) is 0. The molecule has 2 heterocycles. The smallest absolute Gasteiger partial charge is 0.328 e. The third-order valence-corrected chi connectivity index (χ3v) is 5.53. The summed E-state index contributed by atoms with van der Waals surface area (Å²) in [5, 5.41) is 17.5. The summed E-state index contributed by atoms with van der Waals surface area (Å²) in [5.41, 5.74) is 3.56. The molecule has 0 atom stereocenters. The highest BCUT2D eigenvalue weighted by molar-refractivity contribution is 6.31. The van der Waals surface area contributed by atoms with Crippen LogP contribution in [-0.4, -0.2) is 30.8 Å².